The Hall–Kier alpha value is -1.68. The first-order valence-corrected chi connectivity index (χ1v) is 4.26. The van der Waals surface area contributed by atoms with Crippen LogP contribution in [0.4, 0.5) is 4.39 Å². The standard InChI is InChI=1S/C10H10FN3/c11-8-4-7(5-13-6-8)10(12)9-2-1-3-14-9/h1-6,10,14H,12H2. The molecule has 4 heteroatoms. The van der Waals surface area contributed by atoms with Gasteiger partial charge in [-0.05, 0) is 23.8 Å². The van der Waals surface area contributed by atoms with Crippen molar-refractivity contribution in [3.8, 4) is 0 Å². The van der Waals surface area contributed by atoms with Crippen LogP contribution in [0.3, 0.4) is 0 Å². The van der Waals surface area contributed by atoms with E-state index in [0.29, 0.717) is 5.56 Å². The molecule has 0 aromatic carbocycles. The molecule has 0 aliphatic carbocycles. The summed E-state index contributed by atoms with van der Waals surface area (Å²) >= 11 is 0. The fraction of sp³-hybridized carbons (Fsp3) is 0.100. The molecule has 0 aliphatic heterocycles. The van der Waals surface area contributed by atoms with E-state index in [2.05, 4.69) is 9.97 Å². The number of aromatic nitrogens is 2. The van der Waals surface area contributed by atoms with E-state index in [1.54, 1.807) is 12.4 Å². The van der Waals surface area contributed by atoms with E-state index in [1.807, 2.05) is 12.1 Å². The average Bonchev–Trinajstić information content (AvgIpc) is 2.69. The maximum Gasteiger partial charge on any atom is 0.141 e. The number of halogens is 1. The van der Waals surface area contributed by atoms with Crippen LogP contribution in [0.15, 0.2) is 36.8 Å². The second-order valence-electron chi connectivity index (χ2n) is 3.04. The van der Waals surface area contributed by atoms with E-state index in [-0.39, 0.29) is 11.9 Å². The van der Waals surface area contributed by atoms with E-state index < -0.39 is 0 Å². The van der Waals surface area contributed by atoms with Gasteiger partial charge in [0.2, 0.25) is 0 Å². The number of pyridine rings is 1. The molecule has 2 heterocycles. The Balaban J connectivity index is 2.32. The fourth-order valence-electron chi connectivity index (χ4n) is 1.32. The van der Waals surface area contributed by atoms with Gasteiger partial charge in [0.1, 0.15) is 5.82 Å². The van der Waals surface area contributed by atoms with E-state index in [9.17, 15) is 4.39 Å². The van der Waals surface area contributed by atoms with Crippen molar-refractivity contribution in [3.63, 3.8) is 0 Å². The maximum atomic E-state index is 12.8. The molecular formula is C10H10FN3. The zero-order valence-corrected chi connectivity index (χ0v) is 7.44. The normalized spacial score (nSPS) is 12.7. The molecule has 0 fully saturated rings. The Morgan fingerprint density at radius 1 is 1.43 bits per heavy atom. The van der Waals surface area contributed by atoms with Crippen molar-refractivity contribution in [1.82, 2.24) is 9.97 Å². The molecule has 0 saturated heterocycles. The van der Waals surface area contributed by atoms with E-state index in [0.717, 1.165) is 11.9 Å². The quantitative estimate of drug-likeness (QED) is 0.757. The number of H-pyrrole nitrogens is 1. The molecule has 2 rings (SSSR count). The Kier molecular flexibility index (Phi) is 2.28. The molecule has 3 nitrogen and oxygen atoms in total. The van der Waals surface area contributed by atoms with Crippen LogP contribution in [0.25, 0.3) is 0 Å². The van der Waals surface area contributed by atoms with Crippen molar-refractivity contribution in [2.45, 2.75) is 6.04 Å². The van der Waals surface area contributed by atoms with E-state index >= 15 is 0 Å². The highest BCUT2D eigenvalue weighted by Crippen LogP contribution is 2.17. The molecule has 0 saturated carbocycles. The van der Waals surface area contributed by atoms with Crippen LogP contribution in [0.2, 0.25) is 0 Å². The number of nitrogens with one attached hydrogen (secondary N) is 1. The minimum atomic E-state index is -0.371. The molecule has 2 aromatic rings. The Labute approximate surface area is 80.8 Å². The molecule has 0 radical (unpaired) electrons. The predicted molar refractivity (Wildman–Crippen MR) is 51.0 cm³/mol. The fourth-order valence-corrected chi connectivity index (χ4v) is 1.32. The second-order valence-corrected chi connectivity index (χ2v) is 3.04. The average molecular weight is 191 g/mol. The molecule has 3 N–H and O–H groups in total. The Morgan fingerprint density at radius 3 is 2.93 bits per heavy atom. The zero-order valence-electron chi connectivity index (χ0n) is 7.44. The second kappa shape index (κ2) is 3.59. The van der Waals surface area contributed by atoms with Crippen LogP contribution in [0.5, 0.6) is 0 Å². The van der Waals surface area contributed by atoms with Gasteiger partial charge >= 0.3 is 0 Å². The lowest BCUT2D eigenvalue weighted by atomic mass is 10.1. The van der Waals surface area contributed by atoms with Crippen LogP contribution >= 0.6 is 0 Å². The summed E-state index contributed by atoms with van der Waals surface area (Å²) < 4.78 is 12.8. The highest BCUT2D eigenvalue weighted by atomic mass is 19.1. The van der Waals surface area contributed by atoms with Crippen molar-refractivity contribution in [1.29, 1.82) is 0 Å². The lowest BCUT2D eigenvalue weighted by molar-refractivity contribution is 0.616. The molecule has 0 bridgehead atoms. The third-order valence-corrected chi connectivity index (χ3v) is 2.04. The Morgan fingerprint density at radius 2 is 2.29 bits per heavy atom. The predicted octanol–water partition coefficient (Wildman–Crippen LogP) is 1.60. The minimum Gasteiger partial charge on any atom is -0.363 e. The number of nitrogens with zero attached hydrogens (tertiary/aromatic N) is 1. The molecule has 0 spiro atoms. The summed E-state index contributed by atoms with van der Waals surface area (Å²) in [4.78, 5) is 6.73. The smallest absolute Gasteiger partial charge is 0.141 e. The van der Waals surface area contributed by atoms with Gasteiger partial charge < -0.3 is 10.7 Å². The highest BCUT2D eigenvalue weighted by Gasteiger charge is 2.10. The highest BCUT2D eigenvalue weighted by molar-refractivity contribution is 5.24. The van der Waals surface area contributed by atoms with Crippen molar-refractivity contribution in [3.05, 3.63) is 53.9 Å². The van der Waals surface area contributed by atoms with E-state index in [1.165, 1.54) is 6.07 Å². The van der Waals surface area contributed by atoms with Crippen molar-refractivity contribution in [2.75, 3.05) is 0 Å². The van der Waals surface area contributed by atoms with Crippen LogP contribution in [-0.4, -0.2) is 9.97 Å². The van der Waals surface area contributed by atoms with Crippen LogP contribution in [0, 0.1) is 5.82 Å². The summed E-state index contributed by atoms with van der Waals surface area (Å²) in [6.07, 6.45) is 4.50. The van der Waals surface area contributed by atoms with E-state index in [4.69, 9.17) is 5.73 Å². The third kappa shape index (κ3) is 1.65. The van der Waals surface area contributed by atoms with Gasteiger partial charge in [-0.15, -0.1) is 0 Å². The monoisotopic (exact) mass is 191 g/mol. The maximum absolute atomic E-state index is 12.8. The topological polar surface area (TPSA) is 54.7 Å². The van der Waals surface area contributed by atoms with Crippen molar-refractivity contribution >= 4 is 0 Å². The molecule has 0 amide bonds. The van der Waals surface area contributed by atoms with Crippen LogP contribution in [-0.2, 0) is 0 Å². The third-order valence-electron chi connectivity index (χ3n) is 2.04. The van der Waals surface area contributed by atoms with Gasteiger partial charge in [0, 0.05) is 18.1 Å². The molecular weight excluding hydrogens is 181 g/mol. The lowest BCUT2D eigenvalue weighted by Gasteiger charge is -2.09. The van der Waals surface area contributed by atoms with Gasteiger partial charge in [0.15, 0.2) is 0 Å². The zero-order chi connectivity index (χ0) is 9.97. The molecule has 14 heavy (non-hydrogen) atoms. The summed E-state index contributed by atoms with van der Waals surface area (Å²) in [7, 11) is 0. The van der Waals surface area contributed by atoms with Gasteiger partial charge in [0.05, 0.1) is 12.2 Å². The van der Waals surface area contributed by atoms with Crippen LogP contribution < -0.4 is 5.73 Å². The SMILES string of the molecule is NC(c1cncc(F)c1)c1ccc[nH]1. The van der Waals surface area contributed by atoms with Gasteiger partial charge in [0.25, 0.3) is 0 Å². The number of aromatic amines is 1. The first-order chi connectivity index (χ1) is 6.77. The first-order valence-electron chi connectivity index (χ1n) is 4.26. The molecule has 72 valence electrons. The first kappa shape index (κ1) is 8.90. The van der Waals surface area contributed by atoms with Crippen molar-refractivity contribution < 1.29 is 4.39 Å². The number of rotatable bonds is 2. The lowest BCUT2D eigenvalue weighted by Crippen LogP contribution is -2.12. The summed E-state index contributed by atoms with van der Waals surface area (Å²) in [5.74, 6) is -0.371. The number of hydrogen-bond acceptors (Lipinski definition) is 2. The van der Waals surface area contributed by atoms with Crippen molar-refractivity contribution in [2.24, 2.45) is 5.73 Å². The largest absolute Gasteiger partial charge is 0.363 e. The van der Waals surface area contributed by atoms with Gasteiger partial charge in [-0.1, -0.05) is 0 Å². The Bertz CT molecular complexity index is 411. The molecule has 1 atom stereocenters. The van der Waals surface area contributed by atoms with Gasteiger partial charge in [-0.2, -0.15) is 0 Å². The summed E-state index contributed by atoms with van der Waals surface area (Å²) in [5.41, 5.74) is 7.40. The number of hydrogen-bond donors (Lipinski definition) is 2. The summed E-state index contributed by atoms with van der Waals surface area (Å²) in [5, 5.41) is 0. The van der Waals surface area contributed by atoms with Gasteiger partial charge in [-0.25, -0.2) is 4.39 Å². The molecule has 2 aromatic heterocycles. The summed E-state index contributed by atoms with van der Waals surface area (Å²) in [6, 6.07) is 4.74. The molecule has 0 aliphatic rings. The number of nitrogens with two attached hydrogens (primary N) is 1. The minimum absolute atomic E-state index is 0.354. The molecule has 1 unspecified atom stereocenters. The van der Waals surface area contributed by atoms with Crippen LogP contribution in [0.1, 0.15) is 17.3 Å². The van der Waals surface area contributed by atoms with Gasteiger partial charge in [-0.3, -0.25) is 4.98 Å². The summed E-state index contributed by atoms with van der Waals surface area (Å²) in [6.45, 7) is 0.